The predicted molar refractivity (Wildman–Crippen MR) is 124 cm³/mol. The molecule has 0 atom stereocenters. The Balaban J connectivity index is 1.44. The van der Waals surface area contributed by atoms with Gasteiger partial charge in [-0.3, -0.25) is 9.59 Å². The van der Waals surface area contributed by atoms with Gasteiger partial charge in [0.05, 0.1) is 25.4 Å². The van der Waals surface area contributed by atoms with Gasteiger partial charge in [0.2, 0.25) is 0 Å². The van der Waals surface area contributed by atoms with Crippen molar-refractivity contribution in [2.24, 2.45) is 5.10 Å². The molecule has 9 heteroatoms. The van der Waals surface area contributed by atoms with Crippen LogP contribution in [-0.4, -0.2) is 37.7 Å². The summed E-state index contributed by atoms with van der Waals surface area (Å²) in [6, 6.07) is 19.4. The minimum Gasteiger partial charge on any atom is -0.497 e. The summed E-state index contributed by atoms with van der Waals surface area (Å²) >= 11 is 5.78. The molecule has 0 unspecified atom stereocenters. The van der Waals surface area contributed by atoms with Crippen molar-refractivity contribution in [2.75, 3.05) is 13.7 Å². The number of nitrogens with one attached hydrogen (secondary N) is 2. The van der Waals surface area contributed by atoms with Gasteiger partial charge >= 0.3 is 5.97 Å². The van der Waals surface area contributed by atoms with Crippen molar-refractivity contribution in [3.63, 3.8) is 0 Å². The molecule has 33 heavy (non-hydrogen) atoms. The van der Waals surface area contributed by atoms with Crippen LogP contribution in [-0.2, 0) is 4.79 Å². The Bertz CT molecular complexity index is 1140. The maximum absolute atomic E-state index is 12.2. The second-order valence-electron chi connectivity index (χ2n) is 6.67. The lowest BCUT2D eigenvalue weighted by Gasteiger charge is -2.06. The zero-order chi connectivity index (χ0) is 23.6. The molecular weight excluding hydrogens is 446 g/mol. The van der Waals surface area contributed by atoms with Gasteiger partial charge in [-0.2, -0.15) is 5.10 Å². The fourth-order valence-corrected chi connectivity index (χ4v) is 2.72. The first-order valence-corrected chi connectivity index (χ1v) is 10.1. The van der Waals surface area contributed by atoms with Crippen LogP contribution in [0.1, 0.15) is 26.3 Å². The summed E-state index contributed by atoms with van der Waals surface area (Å²) in [5.41, 5.74) is 3.78. The van der Waals surface area contributed by atoms with E-state index in [0.717, 1.165) is 0 Å². The van der Waals surface area contributed by atoms with Crippen molar-refractivity contribution in [1.82, 2.24) is 10.7 Å². The standard InChI is InChI=1S/C24H20ClN3O5/c1-32-20-12-6-18(7-13-20)24(31)33-21-10-2-16(3-11-21)14-27-28-22(29)15-26-23(30)17-4-8-19(25)9-5-17/h2-14H,15H2,1H3,(H,26,30)(H,28,29)/b27-14-. The first-order valence-electron chi connectivity index (χ1n) is 9.76. The summed E-state index contributed by atoms with van der Waals surface area (Å²) in [5, 5.41) is 6.85. The van der Waals surface area contributed by atoms with Crippen molar-refractivity contribution in [3.8, 4) is 11.5 Å². The summed E-state index contributed by atoms with van der Waals surface area (Å²) in [6.07, 6.45) is 1.42. The van der Waals surface area contributed by atoms with Crippen molar-refractivity contribution in [3.05, 3.63) is 94.5 Å². The number of benzene rings is 3. The second-order valence-corrected chi connectivity index (χ2v) is 7.11. The second kappa shape index (κ2) is 11.4. The van der Waals surface area contributed by atoms with Gasteiger partial charge in [0, 0.05) is 10.6 Å². The summed E-state index contributed by atoms with van der Waals surface area (Å²) in [6.45, 7) is -0.237. The van der Waals surface area contributed by atoms with Crippen LogP contribution in [0.25, 0.3) is 0 Å². The minimum absolute atomic E-state index is 0.237. The van der Waals surface area contributed by atoms with E-state index in [4.69, 9.17) is 21.1 Å². The van der Waals surface area contributed by atoms with E-state index in [1.54, 1.807) is 79.9 Å². The highest BCUT2D eigenvalue weighted by molar-refractivity contribution is 6.30. The average molecular weight is 466 g/mol. The summed E-state index contributed by atoms with van der Waals surface area (Å²) in [4.78, 5) is 36.0. The number of amides is 2. The van der Waals surface area contributed by atoms with Crippen molar-refractivity contribution in [1.29, 1.82) is 0 Å². The Kier molecular flexibility index (Phi) is 8.15. The maximum Gasteiger partial charge on any atom is 0.343 e. The molecule has 3 rings (SSSR count). The highest BCUT2D eigenvalue weighted by Gasteiger charge is 2.09. The number of ether oxygens (including phenoxy) is 2. The first-order chi connectivity index (χ1) is 15.9. The third-order valence-corrected chi connectivity index (χ3v) is 4.59. The smallest absolute Gasteiger partial charge is 0.343 e. The van der Waals surface area contributed by atoms with Gasteiger partial charge in [0.1, 0.15) is 11.5 Å². The van der Waals surface area contributed by atoms with Crippen LogP contribution in [0.15, 0.2) is 77.9 Å². The van der Waals surface area contributed by atoms with Gasteiger partial charge in [-0.25, -0.2) is 10.2 Å². The van der Waals surface area contributed by atoms with Gasteiger partial charge in [0.25, 0.3) is 11.8 Å². The zero-order valence-electron chi connectivity index (χ0n) is 17.6. The Morgan fingerprint density at radius 3 is 2.12 bits per heavy atom. The number of hydrogen-bond acceptors (Lipinski definition) is 6. The number of carbonyl (C=O) groups is 3. The van der Waals surface area contributed by atoms with Crippen molar-refractivity contribution in [2.45, 2.75) is 0 Å². The van der Waals surface area contributed by atoms with Crippen LogP contribution in [0.5, 0.6) is 11.5 Å². The minimum atomic E-state index is -0.494. The number of rotatable bonds is 8. The average Bonchev–Trinajstić information content (AvgIpc) is 2.84. The topological polar surface area (TPSA) is 106 Å². The quantitative estimate of drug-likeness (QED) is 0.229. The molecule has 0 aromatic heterocycles. The molecule has 2 amide bonds. The molecular formula is C24H20ClN3O5. The Hall–Kier alpha value is -4.17. The predicted octanol–water partition coefficient (Wildman–Crippen LogP) is 3.45. The lowest BCUT2D eigenvalue weighted by molar-refractivity contribution is -0.120. The molecule has 0 spiro atoms. The Morgan fingerprint density at radius 2 is 1.48 bits per heavy atom. The third-order valence-electron chi connectivity index (χ3n) is 4.34. The molecule has 3 aromatic rings. The van der Waals surface area contributed by atoms with Gasteiger partial charge in [-0.05, 0) is 78.4 Å². The molecule has 0 saturated carbocycles. The van der Waals surface area contributed by atoms with E-state index >= 15 is 0 Å². The molecule has 0 bridgehead atoms. The summed E-state index contributed by atoms with van der Waals surface area (Å²) in [7, 11) is 1.55. The Labute approximate surface area is 195 Å². The number of halogens is 1. The van der Waals surface area contributed by atoms with Crippen LogP contribution < -0.4 is 20.2 Å². The molecule has 0 aliphatic rings. The molecule has 168 valence electrons. The number of nitrogens with zero attached hydrogens (tertiary/aromatic N) is 1. The largest absolute Gasteiger partial charge is 0.497 e. The number of esters is 1. The fraction of sp³-hybridized carbons (Fsp3) is 0.0833. The van der Waals surface area contributed by atoms with Gasteiger partial charge in [-0.15, -0.1) is 0 Å². The van der Waals surface area contributed by atoms with Crippen molar-refractivity contribution >= 4 is 35.6 Å². The van der Waals surface area contributed by atoms with Gasteiger partial charge in [-0.1, -0.05) is 11.6 Å². The van der Waals surface area contributed by atoms with E-state index in [1.807, 2.05) is 0 Å². The molecule has 2 N–H and O–H groups in total. The van der Waals surface area contributed by atoms with Crippen LogP contribution in [0.3, 0.4) is 0 Å². The van der Waals surface area contributed by atoms with Crippen molar-refractivity contribution < 1.29 is 23.9 Å². The van der Waals surface area contributed by atoms with Gasteiger partial charge < -0.3 is 14.8 Å². The van der Waals surface area contributed by atoms with Gasteiger partial charge in [0.15, 0.2) is 0 Å². The zero-order valence-corrected chi connectivity index (χ0v) is 18.3. The molecule has 0 radical (unpaired) electrons. The van der Waals surface area contributed by atoms with E-state index in [9.17, 15) is 14.4 Å². The van der Waals surface area contributed by atoms with E-state index < -0.39 is 17.8 Å². The van der Waals surface area contributed by atoms with Crippen LogP contribution in [0.2, 0.25) is 5.02 Å². The van der Waals surface area contributed by atoms with Crippen LogP contribution in [0.4, 0.5) is 0 Å². The number of carbonyl (C=O) groups excluding carboxylic acids is 3. The Morgan fingerprint density at radius 1 is 0.879 bits per heavy atom. The summed E-state index contributed by atoms with van der Waals surface area (Å²) in [5.74, 6) is -0.371. The molecule has 3 aromatic carbocycles. The number of methoxy groups -OCH3 is 1. The van der Waals surface area contributed by atoms with E-state index in [0.29, 0.717) is 33.2 Å². The van der Waals surface area contributed by atoms with Crippen LogP contribution in [0, 0.1) is 0 Å². The number of hydrogen-bond donors (Lipinski definition) is 2. The highest BCUT2D eigenvalue weighted by Crippen LogP contribution is 2.16. The number of hydrazone groups is 1. The SMILES string of the molecule is COc1ccc(C(=O)Oc2ccc(/C=N\NC(=O)CNC(=O)c3ccc(Cl)cc3)cc2)cc1. The molecule has 0 fully saturated rings. The molecule has 0 heterocycles. The van der Waals surface area contributed by atoms with E-state index in [-0.39, 0.29) is 6.54 Å². The summed E-state index contributed by atoms with van der Waals surface area (Å²) < 4.78 is 10.4. The lowest BCUT2D eigenvalue weighted by Crippen LogP contribution is -2.34. The maximum atomic E-state index is 12.2. The van der Waals surface area contributed by atoms with E-state index in [1.165, 1.54) is 6.21 Å². The molecule has 0 saturated heterocycles. The molecule has 0 aliphatic carbocycles. The molecule has 0 aliphatic heterocycles. The normalized spacial score (nSPS) is 10.5. The monoisotopic (exact) mass is 465 g/mol. The first kappa shape index (κ1) is 23.5. The third kappa shape index (κ3) is 7.19. The highest BCUT2D eigenvalue weighted by atomic mass is 35.5. The fourth-order valence-electron chi connectivity index (χ4n) is 2.60. The lowest BCUT2D eigenvalue weighted by atomic mass is 10.2. The van der Waals surface area contributed by atoms with Crippen LogP contribution >= 0.6 is 11.6 Å². The molecule has 8 nitrogen and oxygen atoms in total. The van der Waals surface area contributed by atoms with E-state index in [2.05, 4.69) is 15.8 Å².